The smallest absolute Gasteiger partial charge is 0.270 e. The first kappa shape index (κ1) is 12.9. The summed E-state index contributed by atoms with van der Waals surface area (Å²) in [5.41, 5.74) is -0.0882. The van der Waals surface area contributed by atoms with E-state index in [1.807, 2.05) is 0 Å². The molecule has 1 rings (SSSR count). The van der Waals surface area contributed by atoms with Gasteiger partial charge in [0.2, 0.25) is 0 Å². The van der Waals surface area contributed by atoms with Crippen LogP contribution in [0.4, 0.5) is 11.4 Å². The average Bonchev–Trinajstić information content (AvgIpc) is 2.14. The van der Waals surface area contributed by atoms with Crippen LogP contribution in [0.5, 0.6) is 0 Å². The fraction of sp³-hybridized carbons (Fsp3) is 0.400. The predicted octanol–water partition coefficient (Wildman–Crippen LogP) is 2.54. The summed E-state index contributed by atoms with van der Waals surface area (Å²) in [5.74, 6) is 0. The third-order valence-electron chi connectivity index (χ3n) is 1.87. The molecule has 0 aliphatic heterocycles. The number of non-ortho nitro benzene ring substituents is 1. The molecule has 0 radical (unpaired) electrons. The molecule has 16 heavy (non-hydrogen) atoms. The fourth-order valence-electron chi connectivity index (χ4n) is 1.07. The second-order valence-electron chi connectivity index (χ2n) is 4.09. The van der Waals surface area contributed by atoms with E-state index in [1.54, 1.807) is 19.9 Å². The molecular weight excluding hydrogens is 276 g/mol. The first-order valence-corrected chi connectivity index (χ1v) is 5.49. The van der Waals surface area contributed by atoms with E-state index in [0.29, 0.717) is 16.7 Å². The summed E-state index contributed by atoms with van der Waals surface area (Å²) in [6.45, 7) is 3.72. The van der Waals surface area contributed by atoms with Gasteiger partial charge in [-0.2, -0.15) is 0 Å². The molecule has 88 valence electrons. The Bertz CT molecular complexity index is 402. The maximum atomic E-state index is 10.5. The quantitative estimate of drug-likeness (QED) is 0.659. The van der Waals surface area contributed by atoms with Crippen LogP contribution in [-0.2, 0) is 0 Å². The molecule has 0 saturated carbocycles. The second-order valence-corrected chi connectivity index (χ2v) is 4.94. The Balaban J connectivity index is 2.80. The molecular formula is C10H13BrN2O3. The lowest BCUT2D eigenvalue weighted by molar-refractivity contribution is -0.384. The van der Waals surface area contributed by atoms with Crippen molar-refractivity contribution in [2.45, 2.75) is 19.4 Å². The Morgan fingerprint density at radius 1 is 1.56 bits per heavy atom. The van der Waals surface area contributed by atoms with Crippen LogP contribution in [0.1, 0.15) is 13.8 Å². The van der Waals surface area contributed by atoms with Gasteiger partial charge in [0.25, 0.3) is 5.69 Å². The summed E-state index contributed by atoms with van der Waals surface area (Å²) in [6, 6.07) is 4.44. The molecule has 0 heterocycles. The number of nitrogens with zero attached hydrogens (tertiary/aromatic N) is 1. The molecule has 2 N–H and O–H groups in total. The van der Waals surface area contributed by atoms with E-state index in [4.69, 9.17) is 0 Å². The third-order valence-corrected chi connectivity index (χ3v) is 2.53. The zero-order valence-electron chi connectivity index (χ0n) is 9.03. The molecule has 0 spiro atoms. The number of hydrogen-bond acceptors (Lipinski definition) is 4. The normalized spacial score (nSPS) is 11.2. The molecule has 0 aromatic heterocycles. The summed E-state index contributed by atoms with van der Waals surface area (Å²) >= 11 is 3.23. The average molecular weight is 289 g/mol. The lowest BCUT2D eigenvalue weighted by atomic mass is 10.1. The van der Waals surface area contributed by atoms with Gasteiger partial charge in [-0.15, -0.1) is 0 Å². The maximum absolute atomic E-state index is 10.5. The van der Waals surface area contributed by atoms with Gasteiger partial charge in [-0.25, -0.2) is 0 Å². The number of nitro groups is 1. The zero-order chi connectivity index (χ0) is 12.3. The Kier molecular flexibility index (Phi) is 3.88. The monoisotopic (exact) mass is 288 g/mol. The number of anilines is 1. The highest BCUT2D eigenvalue weighted by atomic mass is 79.9. The minimum absolute atomic E-state index is 0.0284. The summed E-state index contributed by atoms with van der Waals surface area (Å²) in [5, 5.41) is 23.0. The van der Waals surface area contributed by atoms with E-state index in [0.717, 1.165) is 0 Å². The van der Waals surface area contributed by atoms with Crippen molar-refractivity contribution in [2.75, 3.05) is 11.9 Å². The van der Waals surface area contributed by atoms with Gasteiger partial charge in [-0.05, 0) is 35.8 Å². The Labute approximate surface area is 102 Å². The van der Waals surface area contributed by atoms with Crippen molar-refractivity contribution in [3.8, 4) is 0 Å². The highest BCUT2D eigenvalue weighted by molar-refractivity contribution is 9.10. The number of nitro benzene ring substituents is 1. The van der Waals surface area contributed by atoms with Crippen molar-refractivity contribution in [1.82, 2.24) is 0 Å². The molecule has 0 amide bonds. The van der Waals surface area contributed by atoms with Gasteiger partial charge in [0.05, 0.1) is 10.5 Å². The van der Waals surface area contributed by atoms with Crippen LogP contribution < -0.4 is 5.32 Å². The molecule has 0 fully saturated rings. The number of nitrogens with one attached hydrogen (secondary N) is 1. The van der Waals surface area contributed by atoms with Crippen LogP contribution in [0.15, 0.2) is 22.7 Å². The standard InChI is InChI=1S/C10H13BrN2O3/c1-10(2,14)6-12-9-4-3-7(13(15)16)5-8(9)11/h3-5,12,14H,6H2,1-2H3. The van der Waals surface area contributed by atoms with Gasteiger partial charge in [-0.1, -0.05) is 0 Å². The molecule has 1 aromatic rings. The summed E-state index contributed by atoms with van der Waals surface area (Å²) in [7, 11) is 0. The summed E-state index contributed by atoms with van der Waals surface area (Å²) < 4.78 is 0.603. The topological polar surface area (TPSA) is 75.4 Å². The first-order valence-electron chi connectivity index (χ1n) is 4.70. The summed E-state index contributed by atoms with van der Waals surface area (Å²) in [6.07, 6.45) is 0. The second kappa shape index (κ2) is 4.80. The SMILES string of the molecule is CC(C)(O)CNc1ccc([N+](=O)[O-])cc1Br. The van der Waals surface area contributed by atoms with Gasteiger partial charge in [0.1, 0.15) is 0 Å². The van der Waals surface area contributed by atoms with Crippen LogP contribution in [0.3, 0.4) is 0 Å². The molecule has 1 aromatic carbocycles. The van der Waals surface area contributed by atoms with Gasteiger partial charge in [0.15, 0.2) is 0 Å². The van der Waals surface area contributed by atoms with Crippen molar-refractivity contribution in [2.24, 2.45) is 0 Å². The fourth-order valence-corrected chi connectivity index (χ4v) is 1.58. The molecule has 0 unspecified atom stereocenters. The number of halogens is 1. The van der Waals surface area contributed by atoms with E-state index in [9.17, 15) is 15.2 Å². The molecule has 0 aliphatic rings. The number of rotatable bonds is 4. The minimum atomic E-state index is -0.832. The van der Waals surface area contributed by atoms with Crippen molar-refractivity contribution in [3.05, 3.63) is 32.8 Å². The Morgan fingerprint density at radius 3 is 2.62 bits per heavy atom. The van der Waals surface area contributed by atoms with E-state index >= 15 is 0 Å². The predicted molar refractivity (Wildman–Crippen MR) is 65.6 cm³/mol. The molecule has 0 atom stereocenters. The van der Waals surface area contributed by atoms with Crippen LogP contribution in [0, 0.1) is 10.1 Å². The number of aliphatic hydroxyl groups is 1. The van der Waals surface area contributed by atoms with Crippen LogP contribution in [0.2, 0.25) is 0 Å². The van der Waals surface area contributed by atoms with E-state index in [-0.39, 0.29) is 5.69 Å². The highest BCUT2D eigenvalue weighted by Gasteiger charge is 2.14. The van der Waals surface area contributed by atoms with Crippen LogP contribution in [-0.4, -0.2) is 22.2 Å². The van der Waals surface area contributed by atoms with Gasteiger partial charge < -0.3 is 10.4 Å². The van der Waals surface area contributed by atoms with Crippen molar-refractivity contribution >= 4 is 27.3 Å². The van der Waals surface area contributed by atoms with E-state index < -0.39 is 10.5 Å². The molecule has 0 saturated heterocycles. The highest BCUT2D eigenvalue weighted by Crippen LogP contribution is 2.27. The molecule has 0 aliphatic carbocycles. The lowest BCUT2D eigenvalue weighted by Gasteiger charge is -2.19. The number of hydrogen-bond donors (Lipinski definition) is 2. The maximum Gasteiger partial charge on any atom is 0.270 e. The van der Waals surface area contributed by atoms with Crippen LogP contribution in [0.25, 0.3) is 0 Å². The van der Waals surface area contributed by atoms with Crippen LogP contribution >= 0.6 is 15.9 Å². The Morgan fingerprint density at radius 2 is 2.19 bits per heavy atom. The van der Waals surface area contributed by atoms with Crippen molar-refractivity contribution < 1.29 is 10.0 Å². The lowest BCUT2D eigenvalue weighted by Crippen LogP contribution is -2.29. The molecule has 0 bridgehead atoms. The molecule has 5 nitrogen and oxygen atoms in total. The van der Waals surface area contributed by atoms with E-state index in [2.05, 4.69) is 21.2 Å². The molecule has 6 heteroatoms. The van der Waals surface area contributed by atoms with E-state index in [1.165, 1.54) is 12.1 Å². The summed E-state index contributed by atoms with van der Waals surface area (Å²) in [4.78, 5) is 10.1. The van der Waals surface area contributed by atoms with Gasteiger partial charge in [-0.3, -0.25) is 10.1 Å². The largest absolute Gasteiger partial charge is 0.389 e. The van der Waals surface area contributed by atoms with Crippen molar-refractivity contribution in [1.29, 1.82) is 0 Å². The first-order chi connectivity index (χ1) is 7.29. The van der Waals surface area contributed by atoms with Crippen molar-refractivity contribution in [3.63, 3.8) is 0 Å². The Hall–Kier alpha value is -1.14. The van der Waals surface area contributed by atoms with Gasteiger partial charge in [0, 0.05) is 28.8 Å². The third kappa shape index (κ3) is 3.79. The zero-order valence-corrected chi connectivity index (χ0v) is 10.6. The minimum Gasteiger partial charge on any atom is -0.389 e. The van der Waals surface area contributed by atoms with Gasteiger partial charge >= 0.3 is 0 Å². The number of benzene rings is 1.